The third kappa shape index (κ3) is 4.48. The molecule has 0 unspecified atom stereocenters. The highest BCUT2D eigenvalue weighted by molar-refractivity contribution is 7.89. The van der Waals surface area contributed by atoms with Gasteiger partial charge in [-0.15, -0.1) is 0 Å². The van der Waals surface area contributed by atoms with Crippen LogP contribution in [-0.2, 0) is 10.0 Å². The smallest absolute Gasteiger partial charge is 0.255 e. The number of halogens is 2. The molecule has 0 saturated carbocycles. The molecule has 6 nitrogen and oxygen atoms in total. The molecule has 0 bridgehead atoms. The van der Waals surface area contributed by atoms with E-state index in [0.29, 0.717) is 13.1 Å². The molecule has 0 aromatic heterocycles. The number of nitrogens with one attached hydrogen (secondary N) is 1. The molecule has 0 atom stereocenters. The quantitative estimate of drug-likeness (QED) is 0.697. The molecule has 140 valence electrons. The average Bonchev–Trinajstić information content (AvgIpc) is 2.56. The topological polar surface area (TPSA) is 86.7 Å². The van der Waals surface area contributed by atoms with Gasteiger partial charge in [-0.1, -0.05) is 37.0 Å². The molecule has 0 heterocycles. The Bertz CT molecular complexity index is 908. The molecule has 0 aliphatic heterocycles. The van der Waals surface area contributed by atoms with Gasteiger partial charge >= 0.3 is 0 Å². The molecule has 0 aliphatic carbocycles. The van der Waals surface area contributed by atoms with E-state index in [4.69, 9.17) is 23.2 Å². The first-order valence-corrected chi connectivity index (χ1v) is 9.99. The highest BCUT2D eigenvalue weighted by Gasteiger charge is 2.23. The van der Waals surface area contributed by atoms with Crippen LogP contribution in [0.15, 0.2) is 41.3 Å². The van der Waals surface area contributed by atoms with Gasteiger partial charge in [-0.2, -0.15) is 4.31 Å². The van der Waals surface area contributed by atoms with Crippen molar-refractivity contribution in [2.24, 2.45) is 0 Å². The maximum Gasteiger partial charge on any atom is 0.255 e. The van der Waals surface area contributed by atoms with Crippen LogP contribution in [0.5, 0.6) is 5.75 Å². The normalized spacial score (nSPS) is 11.6. The Hall–Kier alpha value is -1.80. The van der Waals surface area contributed by atoms with Gasteiger partial charge in [0.15, 0.2) is 0 Å². The van der Waals surface area contributed by atoms with Gasteiger partial charge in [0.1, 0.15) is 5.75 Å². The Morgan fingerprint density at radius 2 is 1.65 bits per heavy atom. The van der Waals surface area contributed by atoms with Crippen molar-refractivity contribution < 1.29 is 18.3 Å². The molecule has 0 fully saturated rings. The molecule has 0 saturated heterocycles. The fraction of sp³-hybridized carbons (Fsp3) is 0.235. The Morgan fingerprint density at radius 3 is 2.19 bits per heavy atom. The number of anilines is 1. The number of carbonyl (C=O) groups is 1. The number of sulfonamides is 1. The second kappa shape index (κ2) is 8.26. The minimum Gasteiger partial charge on any atom is -0.506 e. The van der Waals surface area contributed by atoms with Crippen LogP contribution in [0.1, 0.15) is 24.2 Å². The third-order valence-corrected chi connectivity index (χ3v) is 6.17. The first kappa shape index (κ1) is 20.5. The maximum absolute atomic E-state index is 12.6. The summed E-state index contributed by atoms with van der Waals surface area (Å²) in [7, 11) is -3.73. The van der Waals surface area contributed by atoms with E-state index >= 15 is 0 Å². The van der Waals surface area contributed by atoms with Gasteiger partial charge in [-0.05, 0) is 36.4 Å². The number of hydrogen-bond donors (Lipinski definition) is 2. The average molecular weight is 417 g/mol. The monoisotopic (exact) mass is 416 g/mol. The molecular formula is C17H18Cl2N2O4S. The number of rotatable bonds is 6. The van der Waals surface area contributed by atoms with Gasteiger partial charge in [0, 0.05) is 28.7 Å². The summed E-state index contributed by atoms with van der Waals surface area (Å²) in [5.41, 5.74) is 0.151. The van der Waals surface area contributed by atoms with Crippen LogP contribution in [0.3, 0.4) is 0 Å². The number of hydrogen-bond acceptors (Lipinski definition) is 4. The summed E-state index contributed by atoms with van der Waals surface area (Å²) in [5, 5.41) is 13.0. The largest absolute Gasteiger partial charge is 0.506 e. The van der Waals surface area contributed by atoms with Gasteiger partial charge in [-0.25, -0.2) is 8.42 Å². The van der Waals surface area contributed by atoms with Gasteiger partial charge in [-0.3, -0.25) is 4.79 Å². The summed E-state index contributed by atoms with van der Waals surface area (Å²) in [4.78, 5) is 12.3. The van der Waals surface area contributed by atoms with Gasteiger partial charge in [0.05, 0.1) is 10.6 Å². The van der Waals surface area contributed by atoms with Gasteiger partial charge < -0.3 is 10.4 Å². The van der Waals surface area contributed by atoms with Crippen LogP contribution in [-0.4, -0.2) is 36.8 Å². The zero-order valence-electron chi connectivity index (χ0n) is 14.2. The molecule has 0 radical (unpaired) electrons. The van der Waals surface area contributed by atoms with E-state index in [1.165, 1.54) is 40.7 Å². The number of benzene rings is 2. The molecule has 26 heavy (non-hydrogen) atoms. The molecular weight excluding hydrogens is 399 g/mol. The van der Waals surface area contributed by atoms with Crippen molar-refractivity contribution in [1.82, 2.24) is 4.31 Å². The third-order valence-electron chi connectivity index (χ3n) is 3.68. The summed E-state index contributed by atoms with van der Waals surface area (Å²) < 4.78 is 26.5. The van der Waals surface area contributed by atoms with E-state index in [1.807, 2.05) is 0 Å². The molecule has 2 aromatic rings. The summed E-state index contributed by atoms with van der Waals surface area (Å²) in [6.07, 6.45) is 0. The minimum absolute atomic E-state index is 0.0284. The Morgan fingerprint density at radius 1 is 1.08 bits per heavy atom. The van der Waals surface area contributed by atoms with Crippen molar-refractivity contribution in [2.45, 2.75) is 18.7 Å². The van der Waals surface area contributed by atoms with Gasteiger partial charge in [0.2, 0.25) is 10.0 Å². The fourth-order valence-corrected chi connectivity index (χ4v) is 4.38. The predicted octanol–water partition coefficient (Wildman–Crippen LogP) is 3.98. The molecule has 2 N–H and O–H groups in total. The molecule has 2 aromatic carbocycles. The zero-order valence-corrected chi connectivity index (χ0v) is 16.5. The van der Waals surface area contributed by atoms with Crippen LogP contribution < -0.4 is 5.32 Å². The number of aromatic hydroxyl groups is 1. The van der Waals surface area contributed by atoms with Crippen LogP contribution in [0.4, 0.5) is 5.69 Å². The predicted molar refractivity (Wildman–Crippen MR) is 103 cm³/mol. The van der Waals surface area contributed by atoms with Crippen LogP contribution in [0, 0.1) is 0 Å². The van der Waals surface area contributed by atoms with Crippen molar-refractivity contribution in [3.05, 3.63) is 52.0 Å². The van der Waals surface area contributed by atoms with E-state index < -0.39 is 15.9 Å². The number of phenols is 1. The lowest BCUT2D eigenvalue weighted by atomic mass is 10.2. The first-order valence-electron chi connectivity index (χ1n) is 7.79. The number of nitrogens with zero attached hydrogens (tertiary/aromatic N) is 1. The lowest BCUT2D eigenvalue weighted by Crippen LogP contribution is -2.30. The molecule has 0 spiro atoms. The lowest BCUT2D eigenvalue weighted by molar-refractivity contribution is 0.102. The van der Waals surface area contributed by atoms with Crippen LogP contribution in [0.2, 0.25) is 10.0 Å². The summed E-state index contributed by atoms with van der Waals surface area (Å²) in [6, 6.07) is 8.03. The van der Waals surface area contributed by atoms with Crippen molar-refractivity contribution >= 4 is 44.8 Å². The summed E-state index contributed by atoms with van der Waals surface area (Å²) in [5.74, 6) is -0.841. The summed E-state index contributed by atoms with van der Waals surface area (Å²) >= 11 is 11.8. The van der Waals surface area contributed by atoms with E-state index in [-0.39, 0.29) is 31.9 Å². The second-order valence-corrected chi connectivity index (χ2v) is 8.19. The Kier molecular flexibility index (Phi) is 6.52. The number of phenolic OH excluding ortho intramolecular Hbond substituents is 1. The maximum atomic E-state index is 12.6. The van der Waals surface area contributed by atoms with E-state index in [0.717, 1.165) is 0 Å². The van der Waals surface area contributed by atoms with Crippen molar-refractivity contribution in [3.8, 4) is 5.75 Å². The highest BCUT2D eigenvalue weighted by Crippen LogP contribution is 2.29. The van der Waals surface area contributed by atoms with E-state index in [9.17, 15) is 18.3 Å². The van der Waals surface area contributed by atoms with Crippen LogP contribution >= 0.6 is 23.2 Å². The molecule has 0 aliphatic rings. The fourth-order valence-electron chi connectivity index (χ4n) is 2.37. The second-order valence-electron chi connectivity index (χ2n) is 5.38. The molecule has 9 heteroatoms. The van der Waals surface area contributed by atoms with Crippen LogP contribution in [0.25, 0.3) is 0 Å². The Balaban J connectivity index is 2.37. The SMILES string of the molecule is CCN(CC)S(=O)(=O)c1ccc(O)c(NC(=O)c2cc(Cl)cc(Cl)c2)c1. The van der Waals surface area contributed by atoms with E-state index in [1.54, 1.807) is 13.8 Å². The highest BCUT2D eigenvalue weighted by atomic mass is 35.5. The van der Waals surface area contributed by atoms with E-state index in [2.05, 4.69) is 5.32 Å². The first-order chi connectivity index (χ1) is 12.2. The standard InChI is InChI=1S/C17H18Cl2N2O4S/c1-3-21(4-2)26(24,25)14-5-6-16(22)15(10-14)20-17(23)11-7-12(18)9-13(19)8-11/h5-10,22H,3-4H2,1-2H3,(H,20,23). The van der Waals surface area contributed by atoms with Crippen molar-refractivity contribution in [3.63, 3.8) is 0 Å². The molecule has 1 amide bonds. The minimum atomic E-state index is -3.73. The van der Waals surface area contributed by atoms with Gasteiger partial charge in [0.25, 0.3) is 5.91 Å². The molecule has 2 rings (SSSR count). The zero-order chi connectivity index (χ0) is 19.5. The number of carbonyl (C=O) groups excluding carboxylic acids is 1. The summed E-state index contributed by atoms with van der Waals surface area (Å²) in [6.45, 7) is 4.07. The Labute approximate surface area is 162 Å². The lowest BCUT2D eigenvalue weighted by Gasteiger charge is -2.19. The number of amides is 1. The van der Waals surface area contributed by atoms with Crippen molar-refractivity contribution in [2.75, 3.05) is 18.4 Å². The van der Waals surface area contributed by atoms with Crippen molar-refractivity contribution in [1.29, 1.82) is 0 Å².